The van der Waals surface area contributed by atoms with Crippen LogP contribution in [0.25, 0.3) is 0 Å². The summed E-state index contributed by atoms with van der Waals surface area (Å²) < 4.78 is 57.5. The van der Waals surface area contributed by atoms with Crippen LogP contribution in [0, 0.1) is 0 Å². The molecule has 100 valence electrons. The molecule has 0 atom stereocenters. The molecule has 0 saturated carbocycles. The van der Waals surface area contributed by atoms with Gasteiger partial charge in [-0.25, -0.2) is 4.98 Å². The van der Waals surface area contributed by atoms with Gasteiger partial charge in [-0.2, -0.15) is 21.6 Å². The summed E-state index contributed by atoms with van der Waals surface area (Å²) in [6.45, 7) is 4.17. The molecule has 1 aromatic heterocycles. The molecule has 0 aromatic carbocycles. The molecule has 0 saturated heterocycles. The summed E-state index contributed by atoms with van der Waals surface area (Å²) in [5.41, 5.74) is -5.53. The largest absolute Gasteiger partial charge is 0.522 e. The van der Waals surface area contributed by atoms with E-state index in [2.05, 4.69) is 29.1 Å². The summed E-state index contributed by atoms with van der Waals surface area (Å²) >= 11 is 0. The number of H-pyrrole nitrogens is 1. The van der Waals surface area contributed by atoms with Gasteiger partial charge in [0.2, 0.25) is 0 Å². The summed E-state index contributed by atoms with van der Waals surface area (Å²) in [6, 6.07) is 0.463. The molecule has 0 amide bonds. The van der Waals surface area contributed by atoms with Crippen molar-refractivity contribution in [3.8, 4) is 0 Å². The van der Waals surface area contributed by atoms with Crippen LogP contribution < -0.4 is 5.32 Å². The smallest absolute Gasteiger partial charge is 0.368 e. The Balaban J connectivity index is 0.000000304. The van der Waals surface area contributed by atoms with Gasteiger partial charge in [-0.15, -0.1) is 0 Å². The highest BCUT2D eigenvalue weighted by atomic mass is 32.2. The van der Waals surface area contributed by atoms with Crippen molar-refractivity contribution in [3.05, 3.63) is 12.5 Å². The molecule has 0 radical (unpaired) electrons. The van der Waals surface area contributed by atoms with Crippen LogP contribution >= 0.6 is 0 Å². The van der Waals surface area contributed by atoms with Gasteiger partial charge < -0.3 is 10.3 Å². The number of alkyl halides is 3. The molecular formula is C7H12F3N3O3S. The Morgan fingerprint density at radius 3 is 2.18 bits per heavy atom. The molecule has 17 heavy (non-hydrogen) atoms. The van der Waals surface area contributed by atoms with Crippen LogP contribution in [-0.2, 0) is 10.1 Å². The van der Waals surface area contributed by atoms with Crippen LogP contribution in [0.4, 0.5) is 19.0 Å². The molecule has 0 aliphatic carbocycles. The van der Waals surface area contributed by atoms with Gasteiger partial charge >= 0.3 is 15.6 Å². The number of hydrogen-bond donors (Lipinski definition) is 3. The summed E-state index contributed by atoms with van der Waals surface area (Å²) in [5, 5.41) is 3.17. The molecule has 0 bridgehead atoms. The number of hydrogen-bond acceptors (Lipinski definition) is 4. The highest BCUT2D eigenvalue weighted by Gasteiger charge is 2.44. The molecule has 1 heterocycles. The minimum atomic E-state index is -5.84. The first-order valence-electron chi connectivity index (χ1n) is 4.32. The van der Waals surface area contributed by atoms with E-state index >= 15 is 0 Å². The van der Waals surface area contributed by atoms with Crippen molar-refractivity contribution < 1.29 is 26.1 Å². The van der Waals surface area contributed by atoms with Gasteiger partial charge in [-0.05, 0) is 13.8 Å². The van der Waals surface area contributed by atoms with E-state index in [1.165, 1.54) is 0 Å². The number of rotatable bonds is 2. The topological polar surface area (TPSA) is 95.1 Å². The lowest BCUT2D eigenvalue weighted by atomic mass is 10.4. The van der Waals surface area contributed by atoms with Crippen LogP contribution in [0.1, 0.15) is 13.8 Å². The summed E-state index contributed by atoms with van der Waals surface area (Å²) in [5.74, 6) is 0.977. The Labute approximate surface area is 96.0 Å². The lowest BCUT2D eigenvalue weighted by Crippen LogP contribution is -2.21. The first-order valence-corrected chi connectivity index (χ1v) is 5.76. The van der Waals surface area contributed by atoms with Crippen LogP contribution in [0.5, 0.6) is 0 Å². The minimum Gasteiger partial charge on any atom is -0.368 e. The molecule has 10 heteroatoms. The number of anilines is 1. The van der Waals surface area contributed by atoms with Crippen molar-refractivity contribution in [2.45, 2.75) is 25.4 Å². The predicted octanol–water partition coefficient (Wildman–Crippen LogP) is 1.62. The van der Waals surface area contributed by atoms with Gasteiger partial charge in [0.25, 0.3) is 0 Å². The van der Waals surface area contributed by atoms with Gasteiger partial charge in [0, 0.05) is 6.04 Å². The second kappa shape index (κ2) is 5.87. The lowest BCUT2D eigenvalue weighted by Gasteiger charge is -2.04. The predicted molar refractivity (Wildman–Crippen MR) is 55.0 cm³/mol. The minimum absolute atomic E-state index is 0.463. The van der Waals surface area contributed by atoms with E-state index in [-0.39, 0.29) is 0 Å². The fraction of sp³-hybridized carbons (Fsp3) is 0.571. The second-order valence-corrected chi connectivity index (χ2v) is 4.60. The number of halogens is 3. The molecule has 0 aliphatic heterocycles. The van der Waals surface area contributed by atoms with E-state index in [4.69, 9.17) is 13.0 Å². The first-order chi connectivity index (χ1) is 7.54. The fourth-order valence-electron chi connectivity index (χ4n) is 0.646. The first kappa shape index (κ1) is 15.7. The van der Waals surface area contributed by atoms with E-state index < -0.39 is 15.6 Å². The lowest BCUT2D eigenvalue weighted by molar-refractivity contribution is -0.0510. The Bertz CT molecular complexity index is 413. The SMILES string of the molecule is CC(C)Nc1cnc[nH]1.O=S(=O)(O)C(F)(F)F. The zero-order chi connectivity index (χ0) is 13.7. The molecule has 0 fully saturated rings. The van der Waals surface area contributed by atoms with Crippen LogP contribution in [-0.4, -0.2) is 34.5 Å². The van der Waals surface area contributed by atoms with E-state index in [1.54, 1.807) is 12.5 Å². The third-order valence-electron chi connectivity index (χ3n) is 1.23. The van der Waals surface area contributed by atoms with Crippen molar-refractivity contribution >= 4 is 15.9 Å². The molecule has 6 nitrogen and oxygen atoms in total. The normalized spacial score (nSPS) is 11.9. The van der Waals surface area contributed by atoms with Gasteiger partial charge in [-0.1, -0.05) is 0 Å². The summed E-state index contributed by atoms with van der Waals surface area (Å²) in [7, 11) is -5.84. The van der Waals surface area contributed by atoms with Crippen molar-refractivity contribution in [1.82, 2.24) is 9.97 Å². The second-order valence-electron chi connectivity index (χ2n) is 3.19. The molecule has 0 unspecified atom stereocenters. The van der Waals surface area contributed by atoms with Crippen molar-refractivity contribution in [2.24, 2.45) is 0 Å². The van der Waals surface area contributed by atoms with Gasteiger partial charge in [0.15, 0.2) is 0 Å². The molecule has 3 N–H and O–H groups in total. The monoisotopic (exact) mass is 275 g/mol. The zero-order valence-electron chi connectivity index (χ0n) is 8.99. The van der Waals surface area contributed by atoms with E-state index in [1.807, 2.05) is 0 Å². The van der Waals surface area contributed by atoms with Crippen LogP contribution in [0.2, 0.25) is 0 Å². The third-order valence-corrected chi connectivity index (χ3v) is 1.82. The van der Waals surface area contributed by atoms with Crippen molar-refractivity contribution in [2.75, 3.05) is 5.32 Å². The Morgan fingerprint density at radius 1 is 1.47 bits per heavy atom. The molecule has 1 rings (SSSR count). The highest BCUT2D eigenvalue weighted by Crippen LogP contribution is 2.20. The molecule has 0 aliphatic rings. The standard InChI is InChI=1S/C6H11N3.CHF3O3S/c1-5(2)9-6-3-7-4-8-6;2-1(3,4)8(5,6)7/h3-5,9H,1-2H3,(H,7,8);(H,5,6,7). The zero-order valence-corrected chi connectivity index (χ0v) is 9.80. The molecular weight excluding hydrogens is 263 g/mol. The number of aromatic nitrogens is 2. The van der Waals surface area contributed by atoms with Gasteiger partial charge in [-0.3, -0.25) is 4.55 Å². The number of nitrogens with zero attached hydrogens (tertiary/aromatic N) is 1. The number of aromatic amines is 1. The summed E-state index contributed by atoms with van der Waals surface area (Å²) in [6.07, 6.45) is 3.42. The van der Waals surface area contributed by atoms with Crippen LogP contribution in [0.15, 0.2) is 12.5 Å². The van der Waals surface area contributed by atoms with Gasteiger partial charge in [0.1, 0.15) is 5.82 Å². The highest BCUT2D eigenvalue weighted by molar-refractivity contribution is 7.86. The maximum absolute atomic E-state index is 10.7. The van der Waals surface area contributed by atoms with Crippen molar-refractivity contribution in [1.29, 1.82) is 0 Å². The van der Waals surface area contributed by atoms with E-state index in [9.17, 15) is 13.2 Å². The van der Waals surface area contributed by atoms with E-state index in [0.717, 1.165) is 5.82 Å². The maximum Gasteiger partial charge on any atom is 0.522 e. The quantitative estimate of drug-likeness (QED) is 0.563. The fourth-order valence-corrected chi connectivity index (χ4v) is 0.646. The maximum atomic E-state index is 10.7. The van der Waals surface area contributed by atoms with Gasteiger partial charge in [0.05, 0.1) is 12.5 Å². The van der Waals surface area contributed by atoms with E-state index in [0.29, 0.717) is 6.04 Å². The Hall–Kier alpha value is -1.29. The molecule has 1 aromatic rings. The Morgan fingerprint density at radius 2 is 1.94 bits per heavy atom. The number of imidazole rings is 1. The average Bonchev–Trinajstić information content (AvgIpc) is 2.52. The Kier molecular flexibility index (Phi) is 5.42. The van der Waals surface area contributed by atoms with Crippen LogP contribution in [0.3, 0.4) is 0 Å². The molecule has 0 spiro atoms. The average molecular weight is 275 g/mol. The number of nitrogens with one attached hydrogen (secondary N) is 2. The third kappa shape index (κ3) is 6.79. The summed E-state index contributed by atoms with van der Waals surface area (Å²) in [4.78, 5) is 6.80. The van der Waals surface area contributed by atoms with Crippen molar-refractivity contribution in [3.63, 3.8) is 0 Å².